The SMILES string of the molecule is O=S(=O)(Cc1cccc(-c2nc3ncccc3o2)c1)c1ccc(Cl)cc1. The van der Waals surface area contributed by atoms with E-state index >= 15 is 0 Å². The van der Waals surface area contributed by atoms with Gasteiger partial charge >= 0.3 is 0 Å². The lowest BCUT2D eigenvalue weighted by Crippen LogP contribution is -2.04. The summed E-state index contributed by atoms with van der Waals surface area (Å²) < 4.78 is 30.9. The first-order valence-corrected chi connectivity index (χ1v) is 9.83. The Morgan fingerprint density at radius 1 is 1.00 bits per heavy atom. The number of hydrogen-bond acceptors (Lipinski definition) is 5. The predicted octanol–water partition coefficient (Wildman–Crippen LogP) is 4.52. The first-order valence-electron chi connectivity index (χ1n) is 7.80. The third-order valence-corrected chi connectivity index (χ3v) is 5.82. The van der Waals surface area contributed by atoms with Gasteiger partial charge in [-0.25, -0.2) is 13.4 Å². The van der Waals surface area contributed by atoms with Crippen LogP contribution in [0.5, 0.6) is 0 Å². The van der Waals surface area contributed by atoms with E-state index < -0.39 is 9.84 Å². The molecule has 5 nitrogen and oxygen atoms in total. The maximum absolute atomic E-state index is 12.6. The number of rotatable bonds is 4. The van der Waals surface area contributed by atoms with Crippen molar-refractivity contribution in [3.05, 3.63) is 77.4 Å². The quantitative estimate of drug-likeness (QED) is 0.517. The van der Waals surface area contributed by atoms with E-state index in [-0.39, 0.29) is 10.6 Å². The lowest BCUT2D eigenvalue weighted by molar-refractivity contribution is 0.595. The number of benzene rings is 2. The molecule has 130 valence electrons. The number of pyridine rings is 1. The molecule has 0 saturated heterocycles. The van der Waals surface area contributed by atoms with E-state index in [1.54, 1.807) is 48.7 Å². The van der Waals surface area contributed by atoms with E-state index in [2.05, 4.69) is 9.97 Å². The first kappa shape index (κ1) is 16.8. The minimum absolute atomic E-state index is 0.124. The van der Waals surface area contributed by atoms with Crippen molar-refractivity contribution in [1.29, 1.82) is 0 Å². The lowest BCUT2D eigenvalue weighted by Gasteiger charge is -2.06. The number of fused-ring (bicyclic) bond motifs is 1. The fourth-order valence-electron chi connectivity index (χ4n) is 2.63. The highest BCUT2D eigenvalue weighted by Gasteiger charge is 2.16. The molecule has 0 bridgehead atoms. The van der Waals surface area contributed by atoms with Crippen LogP contribution in [-0.4, -0.2) is 18.4 Å². The van der Waals surface area contributed by atoms with E-state index in [0.717, 1.165) is 0 Å². The van der Waals surface area contributed by atoms with Crippen molar-refractivity contribution in [2.24, 2.45) is 0 Å². The fraction of sp³-hybridized carbons (Fsp3) is 0.0526. The summed E-state index contributed by atoms with van der Waals surface area (Å²) in [6.45, 7) is 0. The highest BCUT2D eigenvalue weighted by Crippen LogP contribution is 2.25. The van der Waals surface area contributed by atoms with Gasteiger partial charge in [-0.05, 0) is 54.1 Å². The van der Waals surface area contributed by atoms with Crippen LogP contribution in [0.1, 0.15) is 5.56 Å². The van der Waals surface area contributed by atoms with Crippen LogP contribution in [0, 0.1) is 0 Å². The zero-order valence-corrected chi connectivity index (χ0v) is 15.0. The van der Waals surface area contributed by atoms with Crippen molar-refractivity contribution in [2.75, 3.05) is 0 Å². The van der Waals surface area contributed by atoms with Crippen LogP contribution < -0.4 is 0 Å². The van der Waals surface area contributed by atoms with Crippen LogP contribution in [-0.2, 0) is 15.6 Å². The van der Waals surface area contributed by atoms with Gasteiger partial charge in [0.05, 0.1) is 10.6 Å². The first-order chi connectivity index (χ1) is 12.5. The van der Waals surface area contributed by atoms with E-state index in [4.69, 9.17) is 16.0 Å². The van der Waals surface area contributed by atoms with Gasteiger partial charge in [0.2, 0.25) is 5.89 Å². The maximum atomic E-state index is 12.6. The molecule has 2 aromatic carbocycles. The molecule has 0 aliphatic carbocycles. The molecule has 0 radical (unpaired) electrons. The van der Waals surface area contributed by atoms with Crippen LogP contribution in [0.2, 0.25) is 5.02 Å². The van der Waals surface area contributed by atoms with E-state index in [1.807, 2.05) is 6.07 Å². The summed E-state index contributed by atoms with van der Waals surface area (Å²) in [5.41, 5.74) is 2.45. The van der Waals surface area contributed by atoms with Crippen molar-refractivity contribution in [3.8, 4) is 11.5 Å². The predicted molar refractivity (Wildman–Crippen MR) is 99.6 cm³/mol. The molecular formula is C19H13ClN2O3S. The normalized spacial score (nSPS) is 11.7. The van der Waals surface area contributed by atoms with Crippen LogP contribution >= 0.6 is 11.6 Å². The monoisotopic (exact) mass is 384 g/mol. The second-order valence-electron chi connectivity index (χ2n) is 5.76. The smallest absolute Gasteiger partial charge is 0.228 e. The van der Waals surface area contributed by atoms with Gasteiger partial charge in [-0.3, -0.25) is 0 Å². The van der Waals surface area contributed by atoms with Crippen molar-refractivity contribution in [1.82, 2.24) is 9.97 Å². The van der Waals surface area contributed by atoms with Crippen LogP contribution in [0.3, 0.4) is 0 Å². The Hall–Kier alpha value is -2.70. The Bertz CT molecular complexity index is 1150. The molecule has 0 fully saturated rings. The average molecular weight is 385 g/mol. The van der Waals surface area contributed by atoms with Crippen LogP contribution in [0.15, 0.2) is 76.2 Å². The zero-order chi connectivity index (χ0) is 18.1. The van der Waals surface area contributed by atoms with Gasteiger partial charge in [-0.1, -0.05) is 23.7 Å². The maximum Gasteiger partial charge on any atom is 0.228 e. The molecule has 0 amide bonds. The Morgan fingerprint density at radius 2 is 1.81 bits per heavy atom. The second-order valence-corrected chi connectivity index (χ2v) is 8.18. The molecule has 0 aliphatic rings. The molecule has 0 spiro atoms. The van der Waals surface area contributed by atoms with Crippen molar-refractivity contribution < 1.29 is 12.8 Å². The summed E-state index contributed by atoms with van der Waals surface area (Å²) in [6.07, 6.45) is 1.64. The third-order valence-electron chi connectivity index (χ3n) is 3.87. The number of hydrogen-bond donors (Lipinski definition) is 0. The van der Waals surface area contributed by atoms with Crippen molar-refractivity contribution >= 4 is 32.7 Å². The summed E-state index contributed by atoms with van der Waals surface area (Å²) in [4.78, 5) is 8.73. The molecule has 0 N–H and O–H groups in total. The van der Waals surface area contributed by atoms with E-state index in [0.29, 0.717) is 33.3 Å². The molecular weight excluding hydrogens is 372 g/mol. The number of oxazole rings is 1. The molecule has 26 heavy (non-hydrogen) atoms. The summed E-state index contributed by atoms with van der Waals surface area (Å²) in [5, 5.41) is 0.496. The molecule has 7 heteroatoms. The lowest BCUT2D eigenvalue weighted by atomic mass is 10.1. The minimum Gasteiger partial charge on any atom is -0.434 e. The van der Waals surface area contributed by atoms with Gasteiger partial charge in [0.1, 0.15) is 0 Å². The molecule has 4 rings (SSSR count). The van der Waals surface area contributed by atoms with E-state index in [1.165, 1.54) is 12.1 Å². The van der Waals surface area contributed by atoms with Crippen molar-refractivity contribution in [2.45, 2.75) is 10.6 Å². The number of nitrogens with zero attached hydrogens (tertiary/aromatic N) is 2. The Kier molecular flexibility index (Phi) is 4.22. The number of halogens is 1. The highest BCUT2D eigenvalue weighted by molar-refractivity contribution is 7.90. The molecule has 0 unspecified atom stereocenters. The topological polar surface area (TPSA) is 73.1 Å². The number of sulfone groups is 1. The van der Waals surface area contributed by atoms with E-state index in [9.17, 15) is 8.42 Å². The standard InChI is InChI=1S/C19H13ClN2O3S/c20-15-6-8-16(9-7-15)26(23,24)12-13-3-1-4-14(11-13)19-22-18-17(25-19)5-2-10-21-18/h1-11H,12H2. The molecule has 0 saturated carbocycles. The van der Waals surface area contributed by atoms with Crippen LogP contribution in [0.4, 0.5) is 0 Å². The van der Waals surface area contributed by atoms with Crippen LogP contribution in [0.25, 0.3) is 22.7 Å². The van der Waals surface area contributed by atoms with Gasteiger partial charge in [0.25, 0.3) is 0 Å². The minimum atomic E-state index is -3.48. The Morgan fingerprint density at radius 3 is 2.58 bits per heavy atom. The van der Waals surface area contributed by atoms with Gasteiger partial charge in [0.15, 0.2) is 21.1 Å². The Balaban J connectivity index is 1.66. The molecule has 2 heterocycles. The summed E-state index contributed by atoms with van der Waals surface area (Å²) >= 11 is 5.83. The molecule has 4 aromatic rings. The zero-order valence-electron chi connectivity index (χ0n) is 13.5. The fourth-order valence-corrected chi connectivity index (χ4v) is 4.09. The number of aromatic nitrogens is 2. The van der Waals surface area contributed by atoms with Gasteiger partial charge in [-0.2, -0.15) is 4.98 Å². The average Bonchev–Trinajstić information content (AvgIpc) is 3.06. The third kappa shape index (κ3) is 3.34. The summed E-state index contributed by atoms with van der Waals surface area (Å²) in [7, 11) is -3.48. The second kappa shape index (κ2) is 6.55. The highest BCUT2D eigenvalue weighted by atomic mass is 35.5. The largest absolute Gasteiger partial charge is 0.434 e. The van der Waals surface area contributed by atoms with Gasteiger partial charge < -0.3 is 4.42 Å². The molecule has 0 atom stereocenters. The van der Waals surface area contributed by atoms with Gasteiger partial charge in [-0.15, -0.1) is 0 Å². The summed E-state index contributed by atoms with van der Waals surface area (Å²) in [6, 6.07) is 16.8. The van der Waals surface area contributed by atoms with Gasteiger partial charge in [0, 0.05) is 16.8 Å². The summed E-state index contributed by atoms with van der Waals surface area (Å²) in [5.74, 6) is 0.283. The van der Waals surface area contributed by atoms with Crippen molar-refractivity contribution in [3.63, 3.8) is 0 Å². The molecule has 2 aromatic heterocycles. The Labute approximate surface area is 155 Å². The molecule has 0 aliphatic heterocycles.